The highest BCUT2D eigenvalue weighted by molar-refractivity contribution is 7.87. The van der Waals surface area contributed by atoms with E-state index in [1.54, 1.807) is 13.8 Å². The molecule has 1 heterocycles. The summed E-state index contributed by atoms with van der Waals surface area (Å²) in [5.74, 6) is -0.954. The van der Waals surface area contributed by atoms with Crippen LogP contribution in [0.4, 0.5) is 0 Å². The second-order valence-corrected chi connectivity index (χ2v) is 7.43. The maximum atomic E-state index is 12.0. The lowest BCUT2D eigenvalue weighted by atomic mass is 10.5. The normalized spacial score (nSPS) is 22.3. The van der Waals surface area contributed by atoms with Crippen molar-refractivity contribution in [2.75, 3.05) is 26.0 Å². The Morgan fingerprint density at radius 1 is 1.32 bits per heavy atom. The maximum Gasteiger partial charge on any atom is 0.341 e. The molecule has 0 aliphatic carbocycles. The Bertz CT molecular complexity index is 449. The summed E-state index contributed by atoms with van der Waals surface area (Å²) < 4.78 is 53.6. The lowest BCUT2D eigenvalue weighted by Gasteiger charge is -2.17. The van der Waals surface area contributed by atoms with Crippen molar-refractivity contribution in [1.82, 2.24) is 0 Å². The Morgan fingerprint density at radius 3 is 2.32 bits per heavy atom. The number of ether oxygens (including phenoxy) is 1. The van der Waals surface area contributed by atoms with Crippen LogP contribution in [-0.4, -0.2) is 45.8 Å². The molecule has 0 saturated carbocycles. The van der Waals surface area contributed by atoms with Gasteiger partial charge in [0.05, 0.1) is 19.8 Å². The Kier molecular flexibility index (Phi) is 5.94. The van der Waals surface area contributed by atoms with Gasteiger partial charge in [0.15, 0.2) is 0 Å². The van der Waals surface area contributed by atoms with Crippen molar-refractivity contribution < 1.29 is 35.7 Å². The SMILES string of the molecule is CCOP(=O)(CC(=O)OC1CCOS1(=O)=O)OCC. The second kappa shape index (κ2) is 6.81. The largest absolute Gasteiger partial charge is 0.443 e. The summed E-state index contributed by atoms with van der Waals surface area (Å²) in [6, 6.07) is 0. The summed E-state index contributed by atoms with van der Waals surface area (Å²) in [6.45, 7) is 3.39. The molecule has 0 spiro atoms. The Labute approximate surface area is 112 Å². The first-order valence-electron chi connectivity index (χ1n) is 5.79. The van der Waals surface area contributed by atoms with E-state index in [1.807, 2.05) is 0 Å². The highest BCUT2D eigenvalue weighted by atomic mass is 32.2. The predicted molar refractivity (Wildman–Crippen MR) is 65.1 cm³/mol. The summed E-state index contributed by atoms with van der Waals surface area (Å²) >= 11 is 0. The van der Waals surface area contributed by atoms with E-state index in [0.717, 1.165) is 0 Å². The van der Waals surface area contributed by atoms with E-state index in [-0.39, 0.29) is 26.2 Å². The fraction of sp³-hybridized carbons (Fsp3) is 0.889. The molecule has 0 aromatic heterocycles. The summed E-state index contributed by atoms with van der Waals surface area (Å²) in [5.41, 5.74) is -1.35. The summed E-state index contributed by atoms with van der Waals surface area (Å²) in [5, 5.41) is 0. The van der Waals surface area contributed by atoms with Crippen LogP contribution in [0, 0.1) is 0 Å². The van der Waals surface area contributed by atoms with Crippen LogP contribution < -0.4 is 0 Å². The summed E-state index contributed by atoms with van der Waals surface area (Å²) in [7, 11) is -7.46. The molecule has 8 nitrogen and oxygen atoms in total. The van der Waals surface area contributed by atoms with Crippen molar-refractivity contribution in [2.24, 2.45) is 0 Å². The molecule has 0 aromatic rings. The molecule has 10 heteroatoms. The average molecular weight is 316 g/mol. The molecular weight excluding hydrogens is 299 g/mol. The minimum Gasteiger partial charge on any atom is -0.443 e. The van der Waals surface area contributed by atoms with E-state index in [0.29, 0.717) is 0 Å². The number of hydrogen-bond acceptors (Lipinski definition) is 8. The molecule has 1 aliphatic rings. The predicted octanol–water partition coefficient (Wildman–Crippen LogP) is 0.872. The number of esters is 1. The first kappa shape index (κ1) is 16.6. The zero-order valence-electron chi connectivity index (χ0n) is 10.7. The summed E-state index contributed by atoms with van der Waals surface area (Å²) in [6.07, 6.45) is -0.567. The quantitative estimate of drug-likeness (QED) is 0.387. The fourth-order valence-electron chi connectivity index (χ4n) is 1.46. The van der Waals surface area contributed by atoms with Crippen LogP contribution in [0.15, 0.2) is 0 Å². The van der Waals surface area contributed by atoms with Crippen LogP contribution in [0.5, 0.6) is 0 Å². The first-order chi connectivity index (χ1) is 8.83. The maximum absolute atomic E-state index is 12.0. The molecule has 0 bridgehead atoms. The Morgan fingerprint density at radius 2 is 1.89 bits per heavy atom. The molecule has 0 N–H and O–H groups in total. The van der Waals surface area contributed by atoms with Gasteiger partial charge in [0, 0.05) is 6.42 Å². The van der Waals surface area contributed by atoms with Gasteiger partial charge in [-0.05, 0) is 13.8 Å². The van der Waals surface area contributed by atoms with Gasteiger partial charge >= 0.3 is 23.7 Å². The zero-order valence-corrected chi connectivity index (χ0v) is 12.4. The standard InChI is InChI=1S/C9H17O8PS/c1-3-14-18(11,15-4-2)7-8(10)17-9-5-6-16-19(9,12)13/h9H,3-7H2,1-2H3. The smallest absolute Gasteiger partial charge is 0.341 e. The van der Waals surface area contributed by atoms with Gasteiger partial charge in [-0.25, -0.2) is 0 Å². The van der Waals surface area contributed by atoms with Crippen LogP contribution in [0.3, 0.4) is 0 Å². The average Bonchev–Trinajstić information content (AvgIpc) is 2.58. The van der Waals surface area contributed by atoms with E-state index in [4.69, 9.17) is 13.8 Å². The van der Waals surface area contributed by atoms with Crippen molar-refractivity contribution in [3.8, 4) is 0 Å². The molecule has 1 fully saturated rings. The van der Waals surface area contributed by atoms with Gasteiger partial charge in [0.25, 0.3) is 0 Å². The molecule has 1 atom stereocenters. The Hall–Kier alpha value is -0.470. The van der Waals surface area contributed by atoms with E-state index in [9.17, 15) is 17.8 Å². The van der Waals surface area contributed by atoms with Crippen LogP contribution >= 0.6 is 7.60 Å². The molecule has 0 amide bonds. The highest BCUT2D eigenvalue weighted by Crippen LogP contribution is 2.48. The third-order valence-corrected chi connectivity index (χ3v) is 5.58. The van der Waals surface area contributed by atoms with Gasteiger partial charge < -0.3 is 13.8 Å². The third kappa shape index (κ3) is 4.85. The molecule has 1 aliphatic heterocycles. The number of rotatable bonds is 7. The van der Waals surface area contributed by atoms with E-state index in [2.05, 4.69) is 4.18 Å². The molecular formula is C9H17O8PS. The van der Waals surface area contributed by atoms with Crippen molar-refractivity contribution >= 4 is 23.7 Å². The van der Waals surface area contributed by atoms with Crippen molar-refractivity contribution in [3.05, 3.63) is 0 Å². The van der Waals surface area contributed by atoms with Gasteiger partial charge in [-0.2, -0.15) is 8.42 Å². The third-order valence-electron chi connectivity index (χ3n) is 2.16. The molecule has 1 unspecified atom stereocenters. The second-order valence-electron chi connectivity index (χ2n) is 3.63. The van der Waals surface area contributed by atoms with Crippen molar-refractivity contribution in [2.45, 2.75) is 25.7 Å². The van der Waals surface area contributed by atoms with E-state index < -0.39 is 35.3 Å². The van der Waals surface area contributed by atoms with Gasteiger partial charge in [-0.15, -0.1) is 0 Å². The first-order valence-corrected chi connectivity index (χ1v) is 8.98. The molecule has 1 rings (SSSR count). The number of carbonyl (C=O) groups is 1. The van der Waals surface area contributed by atoms with Gasteiger partial charge in [-0.3, -0.25) is 13.5 Å². The number of hydrogen-bond donors (Lipinski definition) is 0. The van der Waals surface area contributed by atoms with E-state index >= 15 is 0 Å². The summed E-state index contributed by atoms with van der Waals surface area (Å²) in [4.78, 5) is 11.6. The minimum absolute atomic E-state index is 0.0329. The van der Waals surface area contributed by atoms with E-state index in [1.165, 1.54) is 0 Å². The molecule has 19 heavy (non-hydrogen) atoms. The molecule has 0 aromatic carbocycles. The van der Waals surface area contributed by atoms with Crippen LogP contribution in [0.2, 0.25) is 0 Å². The van der Waals surface area contributed by atoms with Gasteiger partial charge in [0.2, 0.25) is 5.44 Å². The zero-order chi connectivity index (χ0) is 14.5. The highest BCUT2D eigenvalue weighted by Gasteiger charge is 2.38. The van der Waals surface area contributed by atoms with Gasteiger partial charge in [-0.1, -0.05) is 0 Å². The van der Waals surface area contributed by atoms with Crippen molar-refractivity contribution in [3.63, 3.8) is 0 Å². The lowest BCUT2D eigenvalue weighted by molar-refractivity contribution is -0.142. The van der Waals surface area contributed by atoms with Crippen molar-refractivity contribution in [1.29, 1.82) is 0 Å². The monoisotopic (exact) mass is 316 g/mol. The topological polar surface area (TPSA) is 105 Å². The van der Waals surface area contributed by atoms with Crippen LogP contribution in [0.25, 0.3) is 0 Å². The molecule has 112 valence electrons. The van der Waals surface area contributed by atoms with Crippen LogP contribution in [-0.2, 0) is 37.4 Å². The number of carbonyl (C=O) groups excluding carboxylic acids is 1. The molecule has 1 saturated heterocycles. The van der Waals surface area contributed by atoms with Gasteiger partial charge in [0.1, 0.15) is 6.16 Å². The Balaban J connectivity index is 2.61. The van der Waals surface area contributed by atoms with Crippen LogP contribution in [0.1, 0.15) is 20.3 Å². The molecule has 0 radical (unpaired) electrons. The lowest BCUT2D eigenvalue weighted by Crippen LogP contribution is -2.25. The minimum atomic E-state index is -3.88. The fourth-order valence-corrected chi connectivity index (χ4v) is 3.99.